The van der Waals surface area contributed by atoms with Crippen LogP contribution in [-0.4, -0.2) is 11.8 Å². The molecule has 1 aliphatic carbocycles. The summed E-state index contributed by atoms with van der Waals surface area (Å²) in [5.74, 6) is -0.664. The molecule has 2 aromatic carbocycles. The van der Waals surface area contributed by atoms with Gasteiger partial charge in [0.25, 0.3) is 0 Å². The van der Waals surface area contributed by atoms with Gasteiger partial charge in [0.2, 0.25) is 11.8 Å². The normalized spacial score (nSPS) is 14.7. The number of benzene rings is 2. The Bertz CT molecular complexity index is 818. The topological polar surface area (TPSA) is 58.2 Å². The zero-order valence-corrected chi connectivity index (χ0v) is 15.4. The van der Waals surface area contributed by atoms with Gasteiger partial charge >= 0.3 is 0 Å². The lowest BCUT2D eigenvalue weighted by Gasteiger charge is -2.16. The van der Waals surface area contributed by atoms with Gasteiger partial charge in [0.15, 0.2) is 0 Å². The predicted octanol–water partition coefficient (Wildman–Crippen LogP) is 4.68. The molecule has 0 aliphatic heterocycles. The Kier molecular flexibility index (Phi) is 5.23. The van der Waals surface area contributed by atoms with Crippen LogP contribution >= 0.6 is 34.8 Å². The average molecular weight is 398 g/mol. The average Bonchev–Trinajstić information content (AvgIpc) is 3.40. The number of anilines is 1. The number of carbonyl (C=O) groups excluding carboxylic acids is 2. The maximum Gasteiger partial charge on any atom is 0.240 e. The molecule has 1 aliphatic rings. The summed E-state index contributed by atoms with van der Waals surface area (Å²) in [6.07, 6.45) is 1.01. The number of carbonyl (C=O) groups is 2. The van der Waals surface area contributed by atoms with Crippen LogP contribution < -0.4 is 10.6 Å². The lowest BCUT2D eigenvalue weighted by Crippen LogP contribution is -2.39. The zero-order valence-electron chi connectivity index (χ0n) is 13.1. The van der Waals surface area contributed by atoms with Crippen LogP contribution in [0, 0.1) is 5.41 Å². The third kappa shape index (κ3) is 3.92. The first-order valence-corrected chi connectivity index (χ1v) is 8.84. The number of nitrogens with one attached hydrogen (secondary N) is 2. The first-order valence-electron chi connectivity index (χ1n) is 7.70. The standard InChI is InChI=1S/C18H15Cl3N2O2/c19-12-6-4-11(5-7-12)10-22-16(24)18(8-9-18)17(25)23-14-3-1-2-13(20)15(14)21/h1-7H,8-10H2,(H,22,24)(H,23,25). The van der Waals surface area contributed by atoms with Crippen LogP contribution in [-0.2, 0) is 16.1 Å². The zero-order chi connectivity index (χ0) is 18.0. The first-order chi connectivity index (χ1) is 11.9. The Morgan fingerprint density at radius 3 is 2.28 bits per heavy atom. The van der Waals surface area contributed by atoms with Crippen LogP contribution in [0.3, 0.4) is 0 Å². The molecule has 0 spiro atoms. The van der Waals surface area contributed by atoms with Crippen molar-refractivity contribution in [1.82, 2.24) is 5.32 Å². The number of hydrogen-bond acceptors (Lipinski definition) is 2. The van der Waals surface area contributed by atoms with Crippen LogP contribution in [0.5, 0.6) is 0 Å². The first kappa shape index (κ1) is 18.1. The Hall–Kier alpha value is -1.75. The SMILES string of the molecule is O=C(NCc1ccc(Cl)cc1)C1(C(=O)Nc2cccc(Cl)c2Cl)CC1. The van der Waals surface area contributed by atoms with E-state index in [0.717, 1.165) is 5.56 Å². The minimum Gasteiger partial charge on any atom is -0.351 e. The molecule has 2 N–H and O–H groups in total. The highest BCUT2D eigenvalue weighted by molar-refractivity contribution is 6.44. The maximum absolute atomic E-state index is 12.6. The second-order valence-corrected chi connectivity index (χ2v) is 7.17. The fourth-order valence-corrected chi connectivity index (χ4v) is 2.95. The molecule has 2 aromatic rings. The Labute approximate surface area is 160 Å². The molecule has 0 atom stereocenters. The fraction of sp³-hybridized carbons (Fsp3) is 0.222. The van der Waals surface area contributed by atoms with Crippen molar-refractivity contribution in [1.29, 1.82) is 0 Å². The molecule has 4 nitrogen and oxygen atoms in total. The highest BCUT2D eigenvalue weighted by Gasteiger charge is 2.56. The third-order valence-electron chi connectivity index (χ3n) is 4.19. The van der Waals surface area contributed by atoms with Gasteiger partial charge in [-0.3, -0.25) is 9.59 Å². The largest absolute Gasteiger partial charge is 0.351 e. The molecule has 0 radical (unpaired) electrons. The molecular weight excluding hydrogens is 383 g/mol. The summed E-state index contributed by atoms with van der Waals surface area (Å²) < 4.78 is 0. The summed E-state index contributed by atoms with van der Waals surface area (Å²) in [6, 6.07) is 12.1. The molecule has 0 unspecified atom stereocenters. The quantitative estimate of drug-likeness (QED) is 0.720. The van der Waals surface area contributed by atoms with Crippen LogP contribution in [0.15, 0.2) is 42.5 Å². The van der Waals surface area contributed by atoms with Crippen LogP contribution in [0.2, 0.25) is 15.1 Å². The van der Waals surface area contributed by atoms with Crippen molar-refractivity contribution in [2.75, 3.05) is 5.32 Å². The van der Waals surface area contributed by atoms with Crippen molar-refractivity contribution in [2.24, 2.45) is 5.41 Å². The summed E-state index contributed by atoms with van der Waals surface area (Å²) in [5.41, 5.74) is 0.265. The molecule has 1 saturated carbocycles. The van der Waals surface area contributed by atoms with Crippen molar-refractivity contribution >= 4 is 52.3 Å². The van der Waals surface area contributed by atoms with Crippen molar-refractivity contribution in [3.63, 3.8) is 0 Å². The van der Waals surface area contributed by atoms with Gasteiger partial charge in [0, 0.05) is 11.6 Å². The number of halogens is 3. The molecule has 0 aromatic heterocycles. The van der Waals surface area contributed by atoms with Gasteiger partial charge in [-0.05, 0) is 42.7 Å². The monoisotopic (exact) mass is 396 g/mol. The van der Waals surface area contributed by atoms with Crippen LogP contribution in [0.4, 0.5) is 5.69 Å². The molecule has 25 heavy (non-hydrogen) atoms. The second-order valence-electron chi connectivity index (χ2n) is 5.95. The van der Waals surface area contributed by atoms with E-state index >= 15 is 0 Å². The minimum absolute atomic E-state index is 0.259. The highest BCUT2D eigenvalue weighted by Crippen LogP contribution is 2.47. The van der Waals surface area contributed by atoms with Gasteiger partial charge in [-0.2, -0.15) is 0 Å². The summed E-state index contributed by atoms with van der Waals surface area (Å²) in [7, 11) is 0. The number of rotatable bonds is 5. The summed E-state index contributed by atoms with van der Waals surface area (Å²) >= 11 is 17.9. The van der Waals surface area contributed by atoms with Crippen LogP contribution in [0.25, 0.3) is 0 Å². The van der Waals surface area contributed by atoms with Crippen molar-refractivity contribution < 1.29 is 9.59 Å². The molecule has 1 fully saturated rings. The van der Waals surface area contributed by atoms with Gasteiger partial charge in [-0.1, -0.05) is 53.0 Å². The van der Waals surface area contributed by atoms with E-state index in [1.807, 2.05) is 12.1 Å². The van der Waals surface area contributed by atoms with Gasteiger partial charge in [0.05, 0.1) is 15.7 Å². The molecule has 130 valence electrons. The third-order valence-corrected chi connectivity index (χ3v) is 5.26. The van der Waals surface area contributed by atoms with E-state index in [1.54, 1.807) is 30.3 Å². The predicted molar refractivity (Wildman–Crippen MR) is 100 cm³/mol. The molecular formula is C18H15Cl3N2O2. The Morgan fingerprint density at radius 1 is 0.960 bits per heavy atom. The molecule has 3 rings (SSSR count). The van der Waals surface area contributed by atoms with Crippen LogP contribution in [0.1, 0.15) is 18.4 Å². The number of hydrogen-bond donors (Lipinski definition) is 2. The summed E-state index contributed by atoms with van der Waals surface area (Å²) in [6.45, 7) is 0.336. The fourth-order valence-electron chi connectivity index (χ4n) is 2.48. The van der Waals surface area contributed by atoms with Crippen molar-refractivity contribution in [3.8, 4) is 0 Å². The van der Waals surface area contributed by atoms with E-state index in [9.17, 15) is 9.59 Å². The Morgan fingerprint density at radius 2 is 1.64 bits per heavy atom. The molecule has 0 saturated heterocycles. The summed E-state index contributed by atoms with van der Waals surface area (Å²) in [5, 5.41) is 6.75. The molecule has 7 heteroatoms. The van der Waals surface area contributed by atoms with Gasteiger partial charge in [-0.15, -0.1) is 0 Å². The van der Waals surface area contributed by atoms with Crippen molar-refractivity contribution in [3.05, 3.63) is 63.1 Å². The molecule has 2 amide bonds. The molecule has 0 bridgehead atoms. The van der Waals surface area contributed by atoms with E-state index in [-0.39, 0.29) is 16.8 Å². The van der Waals surface area contributed by atoms with Gasteiger partial charge < -0.3 is 10.6 Å². The van der Waals surface area contributed by atoms with E-state index < -0.39 is 5.41 Å². The second kappa shape index (κ2) is 7.24. The van der Waals surface area contributed by atoms with E-state index in [0.29, 0.717) is 35.1 Å². The Balaban J connectivity index is 1.64. The lowest BCUT2D eigenvalue weighted by molar-refractivity contribution is -0.134. The maximum atomic E-state index is 12.6. The lowest BCUT2D eigenvalue weighted by atomic mass is 10.0. The van der Waals surface area contributed by atoms with E-state index in [2.05, 4.69) is 10.6 Å². The number of amides is 2. The summed E-state index contributed by atoms with van der Waals surface area (Å²) in [4.78, 5) is 25.1. The minimum atomic E-state index is -1.04. The van der Waals surface area contributed by atoms with Gasteiger partial charge in [0.1, 0.15) is 5.41 Å². The van der Waals surface area contributed by atoms with Crippen molar-refractivity contribution in [2.45, 2.75) is 19.4 Å². The van der Waals surface area contributed by atoms with E-state index in [4.69, 9.17) is 34.8 Å². The smallest absolute Gasteiger partial charge is 0.240 e. The molecule has 0 heterocycles. The highest BCUT2D eigenvalue weighted by atomic mass is 35.5. The van der Waals surface area contributed by atoms with E-state index in [1.165, 1.54) is 0 Å². The van der Waals surface area contributed by atoms with Gasteiger partial charge in [-0.25, -0.2) is 0 Å².